The molecule has 0 unspecified atom stereocenters. The summed E-state index contributed by atoms with van der Waals surface area (Å²) >= 11 is 0. The highest BCUT2D eigenvalue weighted by Crippen LogP contribution is 2.38. The van der Waals surface area contributed by atoms with Crippen LogP contribution in [-0.4, -0.2) is 101 Å². The van der Waals surface area contributed by atoms with Crippen molar-refractivity contribution in [2.45, 2.75) is 77.5 Å². The smallest absolute Gasteiger partial charge is 0.251 e. The fourth-order valence-corrected chi connectivity index (χ4v) is 5.64. The maximum absolute atomic E-state index is 12.5. The fraction of sp³-hybridized carbons (Fsp3) is 0.706. The Hall–Kier alpha value is -1.98. The summed E-state index contributed by atoms with van der Waals surface area (Å²) in [5, 5.41) is 9.04. The van der Waals surface area contributed by atoms with E-state index in [0.29, 0.717) is 109 Å². The van der Waals surface area contributed by atoms with Crippen LogP contribution in [0.2, 0.25) is 0 Å². The molecule has 1 atom stereocenters. The predicted octanol–water partition coefficient (Wildman–Crippen LogP) is 4.92. The molecule has 0 saturated heterocycles. The summed E-state index contributed by atoms with van der Waals surface area (Å²) in [5.74, 6) is 6.77. The van der Waals surface area contributed by atoms with Crippen molar-refractivity contribution in [2.24, 2.45) is 5.92 Å². The van der Waals surface area contributed by atoms with Crippen molar-refractivity contribution in [3.05, 3.63) is 29.8 Å². The second-order valence-corrected chi connectivity index (χ2v) is 15.2. The van der Waals surface area contributed by atoms with Gasteiger partial charge in [-0.25, -0.2) is 0 Å². The number of carbonyl (C=O) groups excluding carboxylic acids is 2. The van der Waals surface area contributed by atoms with Crippen LogP contribution in [0.5, 0.6) is 5.75 Å². The minimum atomic E-state index is -0.222. The third kappa shape index (κ3) is 25.2. The van der Waals surface area contributed by atoms with Crippen molar-refractivity contribution in [1.82, 2.24) is 16.0 Å². The molecule has 262 valence electrons. The van der Waals surface area contributed by atoms with E-state index in [1.807, 2.05) is 26.0 Å². The summed E-state index contributed by atoms with van der Waals surface area (Å²) in [5.41, 5.74) is 0.333. The minimum absolute atomic E-state index is 0.0154. The van der Waals surface area contributed by atoms with Crippen molar-refractivity contribution < 1.29 is 33.3 Å². The molecule has 0 bridgehead atoms. The third-order valence-electron chi connectivity index (χ3n) is 5.58. The Bertz CT molecular complexity index is 1030. The second-order valence-electron chi connectivity index (χ2n) is 12.0. The van der Waals surface area contributed by atoms with Gasteiger partial charge in [0.25, 0.3) is 5.91 Å². The van der Waals surface area contributed by atoms with E-state index in [2.05, 4.69) is 62.4 Å². The normalized spacial score (nSPS) is 12.1. The Morgan fingerprint density at radius 2 is 1.63 bits per heavy atom. The molecule has 0 heterocycles. The lowest BCUT2D eigenvalue weighted by Crippen LogP contribution is -2.34. The van der Waals surface area contributed by atoms with E-state index in [0.717, 1.165) is 0 Å². The molecule has 0 spiro atoms. The highest BCUT2D eigenvalue weighted by Gasteiger charge is 2.18. The predicted molar refractivity (Wildman–Crippen MR) is 189 cm³/mol. The summed E-state index contributed by atoms with van der Waals surface area (Å²) in [7, 11) is 3.35. The number of carbonyl (C=O) groups is 2. The summed E-state index contributed by atoms with van der Waals surface area (Å²) in [6.07, 6.45) is 1.05. The summed E-state index contributed by atoms with van der Waals surface area (Å²) in [6.45, 7) is 19.8. The second kappa shape index (κ2) is 26.0. The molecule has 0 aromatic heterocycles. The van der Waals surface area contributed by atoms with Gasteiger partial charge in [0.15, 0.2) is 0 Å². The van der Waals surface area contributed by atoms with E-state index in [1.165, 1.54) is 0 Å². The maximum atomic E-state index is 12.5. The topological polar surface area (TPSA) is 116 Å². The first kappa shape index (κ1) is 42.0. The summed E-state index contributed by atoms with van der Waals surface area (Å²) < 4.78 is 28.8. The average Bonchev–Trinajstić information content (AvgIpc) is 3.00. The van der Waals surface area contributed by atoms with Crippen molar-refractivity contribution >= 4 is 33.4 Å². The fourth-order valence-electron chi connectivity index (χ4n) is 3.45. The van der Waals surface area contributed by atoms with E-state index >= 15 is 0 Å². The van der Waals surface area contributed by atoms with Gasteiger partial charge in [-0.15, -0.1) is 0 Å². The van der Waals surface area contributed by atoms with Gasteiger partial charge in [0.2, 0.25) is 5.91 Å². The van der Waals surface area contributed by atoms with Crippen LogP contribution >= 0.6 is 21.6 Å². The van der Waals surface area contributed by atoms with Gasteiger partial charge in [0, 0.05) is 54.9 Å². The lowest BCUT2D eigenvalue weighted by Gasteiger charge is -2.22. The molecule has 0 saturated carbocycles. The summed E-state index contributed by atoms with van der Waals surface area (Å²) in [6, 6.07) is 7.56. The van der Waals surface area contributed by atoms with Crippen molar-refractivity contribution in [3.8, 4) is 17.6 Å². The van der Waals surface area contributed by atoms with Crippen LogP contribution in [0.4, 0.5) is 0 Å². The molecule has 1 aromatic rings. The highest BCUT2D eigenvalue weighted by molar-refractivity contribution is 8.77. The Balaban J connectivity index is 2.24. The lowest BCUT2D eigenvalue weighted by atomic mass is 10.2. The van der Waals surface area contributed by atoms with Gasteiger partial charge in [-0.2, -0.15) is 0 Å². The van der Waals surface area contributed by atoms with Gasteiger partial charge >= 0.3 is 0 Å². The molecular formula is C34H57N3O7S2. The van der Waals surface area contributed by atoms with Crippen molar-refractivity contribution in [2.75, 3.05) is 72.5 Å². The van der Waals surface area contributed by atoms with Crippen LogP contribution in [-0.2, 0) is 23.7 Å². The number of hydrogen-bond donors (Lipinski definition) is 3. The molecule has 0 radical (unpaired) electrons. The third-order valence-corrected chi connectivity index (χ3v) is 9.10. The molecule has 12 heteroatoms. The van der Waals surface area contributed by atoms with Crippen molar-refractivity contribution in [3.63, 3.8) is 0 Å². The van der Waals surface area contributed by atoms with Crippen LogP contribution in [0, 0.1) is 17.8 Å². The monoisotopic (exact) mass is 683 g/mol. The largest absolute Gasteiger partial charge is 0.490 e. The molecule has 0 aliphatic rings. The first-order chi connectivity index (χ1) is 22.0. The first-order valence-corrected chi connectivity index (χ1v) is 18.4. The van der Waals surface area contributed by atoms with Crippen LogP contribution in [0.25, 0.3) is 0 Å². The molecule has 3 N–H and O–H groups in total. The van der Waals surface area contributed by atoms with Gasteiger partial charge in [-0.3, -0.25) is 9.59 Å². The lowest BCUT2D eigenvalue weighted by molar-refractivity contribution is -0.121. The zero-order valence-corrected chi connectivity index (χ0v) is 30.5. The van der Waals surface area contributed by atoms with Gasteiger partial charge in [-0.1, -0.05) is 88.0 Å². The molecule has 2 amide bonds. The molecule has 1 rings (SSSR count). The molecule has 0 aliphatic carbocycles. The van der Waals surface area contributed by atoms with Gasteiger partial charge in [0.05, 0.1) is 33.0 Å². The van der Waals surface area contributed by atoms with Gasteiger partial charge < -0.3 is 39.6 Å². The standard InChI is InChI=1S/C34H57N3O7S2/c1-27(2)11-9-18-40-20-17-36-31(38)14-10-19-41-21-22-42-23-24-43-32(45-46-34(5,6)7)26-44-30-13-8-12-29(25-30)33(39)37-16-15-35-28(3)4/h8,12-13,25,27-28,32,35H,10,14-24,26H2,1-7H3,(H,36,38)(H,37,39)/t32-/m1/s1. The van der Waals surface area contributed by atoms with E-state index in [-0.39, 0.29) is 22.0 Å². The molecule has 10 nitrogen and oxygen atoms in total. The average molecular weight is 684 g/mol. The summed E-state index contributed by atoms with van der Waals surface area (Å²) in [4.78, 5) is 24.4. The SMILES string of the molecule is CC(C)C#CCOCCNC(=O)CCCOCCOCCO[C@@H](COc1cccc(C(=O)NCCNC(C)C)c1)SSC(C)(C)C. The molecule has 1 aromatic carbocycles. The van der Waals surface area contributed by atoms with Crippen LogP contribution in [0.3, 0.4) is 0 Å². The number of nitrogens with one attached hydrogen (secondary N) is 3. The van der Waals surface area contributed by atoms with Crippen LogP contribution < -0.4 is 20.7 Å². The Labute approximate surface area is 285 Å². The number of rotatable bonds is 25. The molecular weight excluding hydrogens is 627 g/mol. The Kier molecular flexibility index (Phi) is 23.8. The van der Waals surface area contributed by atoms with E-state index in [1.54, 1.807) is 33.7 Å². The quantitative estimate of drug-likeness (QED) is 0.0568. The zero-order chi connectivity index (χ0) is 34.0. The highest BCUT2D eigenvalue weighted by atomic mass is 33.1. The number of ether oxygens (including phenoxy) is 5. The van der Waals surface area contributed by atoms with Crippen LogP contribution in [0.1, 0.15) is 71.7 Å². The number of hydrogen-bond acceptors (Lipinski definition) is 10. The van der Waals surface area contributed by atoms with E-state index in [4.69, 9.17) is 23.7 Å². The van der Waals surface area contributed by atoms with Gasteiger partial charge in [0.1, 0.15) is 24.4 Å². The molecule has 46 heavy (non-hydrogen) atoms. The Morgan fingerprint density at radius 3 is 2.35 bits per heavy atom. The minimum Gasteiger partial charge on any atom is -0.490 e. The van der Waals surface area contributed by atoms with Crippen LogP contribution in [0.15, 0.2) is 24.3 Å². The number of benzene rings is 1. The maximum Gasteiger partial charge on any atom is 0.251 e. The molecule has 0 fully saturated rings. The molecule has 0 aliphatic heterocycles. The Morgan fingerprint density at radius 1 is 0.891 bits per heavy atom. The number of amides is 2. The van der Waals surface area contributed by atoms with E-state index in [9.17, 15) is 9.59 Å². The first-order valence-electron chi connectivity index (χ1n) is 16.1. The van der Waals surface area contributed by atoms with Gasteiger partial charge in [-0.05, 0) is 24.6 Å². The zero-order valence-electron chi connectivity index (χ0n) is 28.9. The van der Waals surface area contributed by atoms with Crippen molar-refractivity contribution in [1.29, 1.82) is 0 Å². The van der Waals surface area contributed by atoms with E-state index < -0.39 is 0 Å².